The van der Waals surface area contributed by atoms with Crippen molar-refractivity contribution in [2.45, 2.75) is 6.04 Å². The lowest BCUT2D eigenvalue weighted by atomic mass is 10.00. The first-order valence-corrected chi connectivity index (χ1v) is 4.57. The molecule has 2 atom stereocenters. The first-order chi connectivity index (χ1) is 6.85. The number of aliphatic imine (C=N–C) groups is 1. The summed E-state index contributed by atoms with van der Waals surface area (Å²) in [7, 11) is 3.30. The van der Waals surface area contributed by atoms with E-state index in [0.717, 1.165) is 11.7 Å². The van der Waals surface area contributed by atoms with Gasteiger partial charge in [0, 0.05) is 0 Å². The van der Waals surface area contributed by atoms with Gasteiger partial charge in [0.15, 0.2) is 5.90 Å². The van der Waals surface area contributed by atoms with Crippen LogP contribution in [-0.4, -0.2) is 26.2 Å². The third-order valence-corrected chi connectivity index (χ3v) is 2.37. The molecule has 0 spiro atoms. The highest BCUT2D eigenvalue weighted by molar-refractivity contribution is 5.84. The molecule has 1 aliphatic carbocycles. The number of dihydropyridines is 1. The normalized spacial score (nSPS) is 29.0. The maximum atomic E-state index is 5.24. The Balaban J connectivity index is 2.38. The highest BCUT2D eigenvalue weighted by Gasteiger charge is 2.22. The van der Waals surface area contributed by atoms with Gasteiger partial charge in [-0.25, -0.2) is 4.99 Å². The minimum Gasteiger partial charge on any atom is -0.498 e. The SMILES string of the molecule is COC1=CC=CC2C=CC1N=C2OC. The van der Waals surface area contributed by atoms with Crippen LogP contribution in [0, 0.1) is 5.92 Å². The quantitative estimate of drug-likeness (QED) is 0.590. The molecule has 3 heteroatoms. The van der Waals surface area contributed by atoms with Crippen molar-refractivity contribution < 1.29 is 9.47 Å². The summed E-state index contributed by atoms with van der Waals surface area (Å²) in [5, 5.41) is 0. The Labute approximate surface area is 83.4 Å². The van der Waals surface area contributed by atoms with E-state index in [1.807, 2.05) is 24.3 Å². The lowest BCUT2D eigenvalue weighted by Gasteiger charge is -2.22. The molecule has 0 saturated heterocycles. The van der Waals surface area contributed by atoms with E-state index in [0.29, 0.717) is 0 Å². The molecule has 0 radical (unpaired) electrons. The van der Waals surface area contributed by atoms with Crippen LogP contribution in [0.25, 0.3) is 0 Å². The van der Waals surface area contributed by atoms with Gasteiger partial charge in [-0.15, -0.1) is 0 Å². The van der Waals surface area contributed by atoms with Crippen LogP contribution >= 0.6 is 0 Å². The predicted octanol–water partition coefficient (Wildman–Crippen LogP) is 1.69. The molecule has 2 aliphatic heterocycles. The number of nitrogens with zero attached hydrogens (tertiary/aromatic N) is 1. The summed E-state index contributed by atoms with van der Waals surface area (Å²) in [5.41, 5.74) is 0. The first kappa shape index (κ1) is 9.06. The highest BCUT2D eigenvalue weighted by atomic mass is 16.5. The molecule has 0 fully saturated rings. The largest absolute Gasteiger partial charge is 0.498 e. The third-order valence-electron chi connectivity index (χ3n) is 2.37. The predicted molar refractivity (Wildman–Crippen MR) is 55.1 cm³/mol. The second kappa shape index (κ2) is 3.70. The summed E-state index contributed by atoms with van der Waals surface area (Å²) >= 11 is 0. The number of fused-ring (bicyclic) bond motifs is 1. The molecular formula is C11H13NO2. The van der Waals surface area contributed by atoms with Crippen LogP contribution in [0.4, 0.5) is 0 Å². The lowest BCUT2D eigenvalue weighted by Crippen LogP contribution is -2.23. The zero-order chi connectivity index (χ0) is 9.97. The van der Waals surface area contributed by atoms with Gasteiger partial charge in [0.2, 0.25) is 0 Å². The smallest absolute Gasteiger partial charge is 0.195 e. The van der Waals surface area contributed by atoms with E-state index in [1.165, 1.54) is 0 Å². The fraction of sp³-hybridized carbons (Fsp3) is 0.364. The molecule has 2 bridgehead atoms. The number of hydrogen-bond donors (Lipinski definition) is 0. The van der Waals surface area contributed by atoms with Crippen LogP contribution in [0.3, 0.4) is 0 Å². The Morgan fingerprint density at radius 3 is 2.71 bits per heavy atom. The maximum Gasteiger partial charge on any atom is 0.195 e. The van der Waals surface area contributed by atoms with E-state index in [4.69, 9.17) is 9.47 Å². The van der Waals surface area contributed by atoms with Gasteiger partial charge in [0.25, 0.3) is 0 Å². The summed E-state index contributed by atoms with van der Waals surface area (Å²) in [6.45, 7) is 0. The van der Waals surface area contributed by atoms with E-state index in [-0.39, 0.29) is 12.0 Å². The van der Waals surface area contributed by atoms with Crippen molar-refractivity contribution in [2.75, 3.05) is 14.2 Å². The van der Waals surface area contributed by atoms with Crippen molar-refractivity contribution in [3.63, 3.8) is 0 Å². The minimum absolute atomic E-state index is 0.0313. The number of methoxy groups -OCH3 is 2. The van der Waals surface area contributed by atoms with Gasteiger partial charge in [-0.3, -0.25) is 0 Å². The van der Waals surface area contributed by atoms with Gasteiger partial charge in [0.1, 0.15) is 11.8 Å². The summed E-state index contributed by atoms with van der Waals surface area (Å²) in [5.74, 6) is 1.76. The van der Waals surface area contributed by atoms with E-state index in [1.54, 1.807) is 14.2 Å². The third kappa shape index (κ3) is 1.45. The molecule has 3 aliphatic rings. The Bertz CT molecular complexity index is 339. The van der Waals surface area contributed by atoms with Crippen LogP contribution in [-0.2, 0) is 9.47 Å². The second-order valence-electron chi connectivity index (χ2n) is 3.19. The van der Waals surface area contributed by atoms with Crippen LogP contribution in [0.5, 0.6) is 0 Å². The summed E-state index contributed by atoms with van der Waals surface area (Å²) in [6.07, 6.45) is 10.1. The van der Waals surface area contributed by atoms with Crippen molar-refractivity contribution >= 4 is 5.90 Å². The molecule has 3 nitrogen and oxygen atoms in total. The molecule has 2 heterocycles. The summed E-state index contributed by atoms with van der Waals surface area (Å²) in [4.78, 5) is 4.44. The van der Waals surface area contributed by atoms with E-state index in [9.17, 15) is 0 Å². The topological polar surface area (TPSA) is 30.8 Å². The molecule has 0 saturated carbocycles. The minimum atomic E-state index is -0.0313. The lowest BCUT2D eigenvalue weighted by molar-refractivity contribution is 0.271. The van der Waals surface area contributed by atoms with Crippen LogP contribution in [0.2, 0.25) is 0 Å². The molecule has 14 heavy (non-hydrogen) atoms. The van der Waals surface area contributed by atoms with Crippen LogP contribution < -0.4 is 0 Å². The number of allylic oxidation sites excluding steroid dienone is 2. The monoisotopic (exact) mass is 191 g/mol. The molecule has 0 aromatic carbocycles. The molecule has 0 amide bonds. The van der Waals surface area contributed by atoms with Crippen molar-refractivity contribution in [1.29, 1.82) is 0 Å². The summed E-state index contributed by atoms with van der Waals surface area (Å²) < 4.78 is 10.5. The Morgan fingerprint density at radius 1 is 1.14 bits per heavy atom. The first-order valence-electron chi connectivity index (χ1n) is 4.57. The highest BCUT2D eigenvalue weighted by Crippen LogP contribution is 2.22. The molecule has 74 valence electrons. The Kier molecular flexibility index (Phi) is 2.39. The standard InChI is InChI=1S/C11H13NO2/c1-13-10-5-3-4-8-6-7-9(10)12-11(8)14-2/h3-9H,1-2H3. The second-order valence-corrected chi connectivity index (χ2v) is 3.19. The van der Waals surface area contributed by atoms with Gasteiger partial charge in [-0.05, 0) is 6.08 Å². The molecule has 2 unspecified atom stereocenters. The average molecular weight is 191 g/mol. The molecule has 0 N–H and O–H groups in total. The van der Waals surface area contributed by atoms with Crippen molar-refractivity contribution in [3.8, 4) is 0 Å². The van der Waals surface area contributed by atoms with Gasteiger partial charge >= 0.3 is 0 Å². The number of ether oxygens (including phenoxy) is 2. The Hall–Kier alpha value is -1.51. The van der Waals surface area contributed by atoms with Gasteiger partial charge < -0.3 is 9.47 Å². The molecule has 3 rings (SSSR count). The zero-order valence-corrected chi connectivity index (χ0v) is 8.31. The molecular weight excluding hydrogens is 178 g/mol. The van der Waals surface area contributed by atoms with Crippen molar-refractivity contribution in [3.05, 3.63) is 36.1 Å². The Morgan fingerprint density at radius 2 is 2.00 bits per heavy atom. The fourth-order valence-corrected chi connectivity index (χ4v) is 1.62. The van der Waals surface area contributed by atoms with Crippen LogP contribution in [0.1, 0.15) is 0 Å². The van der Waals surface area contributed by atoms with Crippen molar-refractivity contribution in [2.24, 2.45) is 10.9 Å². The van der Waals surface area contributed by atoms with Gasteiger partial charge in [0.05, 0.1) is 20.1 Å². The van der Waals surface area contributed by atoms with E-state index < -0.39 is 0 Å². The van der Waals surface area contributed by atoms with Gasteiger partial charge in [-0.2, -0.15) is 0 Å². The number of hydrogen-bond acceptors (Lipinski definition) is 3. The van der Waals surface area contributed by atoms with Crippen molar-refractivity contribution in [1.82, 2.24) is 0 Å². The van der Waals surface area contributed by atoms with E-state index in [2.05, 4.69) is 11.1 Å². The number of rotatable bonds is 1. The molecule has 0 aromatic heterocycles. The maximum absolute atomic E-state index is 5.24. The van der Waals surface area contributed by atoms with Crippen LogP contribution in [0.15, 0.2) is 41.1 Å². The van der Waals surface area contributed by atoms with Gasteiger partial charge in [-0.1, -0.05) is 24.3 Å². The average Bonchev–Trinajstić information content (AvgIpc) is 2.19. The fourth-order valence-electron chi connectivity index (χ4n) is 1.62. The zero-order valence-electron chi connectivity index (χ0n) is 8.31. The molecule has 0 aromatic rings. The summed E-state index contributed by atoms with van der Waals surface area (Å²) in [6, 6.07) is -0.0313. The van der Waals surface area contributed by atoms with E-state index >= 15 is 0 Å².